The molecular formula is C28H27FN2O3S. The number of benzene rings is 4. The average Bonchev–Trinajstić information content (AvgIpc) is 2.87. The summed E-state index contributed by atoms with van der Waals surface area (Å²) >= 11 is 0. The summed E-state index contributed by atoms with van der Waals surface area (Å²) in [6, 6.07) is 27.3. The van der Waals surface area contributed by atoms with Gasteiger partial charge in [0.1, 0.15) is 12.4 Å². The largest absolute Gasteiger partial charge is 0.354 e. The first-order chi connectivity index (χ1) is 16.8. The molecule has 0 spiro atoms. The van der Waals surface area contributed by atoms with E-state index >= 15 is 0 Å². The third-order valence-electron chi connectivity index (χ3n) is 5.83. The van der Waals surface area contributed by atoms with Gasteiger partial charge < -0.3 is 5.32 Å². The van der Waals surface area contributed by atoms with Crippen LogP contribution in [0.3, 0.4) is 0 Å². The van der Waals surface area contributed by atoms with Crippen LogP contribution < -0.4 is 9.62 Å². The number of sulfonamides is 1. The van der Waals surface area contributed by atoms with Gasteiger partial charge in [0.15, 0.2) is 0 Å². The number of nitrogens with zero attached hydrogens (tertiary/aromatic N) is 1. The minimum Gasteiger partial charge on any atom is -0.354 e. The van der Waals surface area contributed by atoms with Crippen LogP contribution in [0.4, 0.5) is 10.1 Å². The van der Waals surface area contributed by atoms with Gasteiger partial charge in [-0.3, -0.25) is 9.10 Å². The summed E-state index contributed by atoms with van der Waals surface area (Å²) in [5, 5.41) is 5.22. The van der Waals surface area contributed by atoms with E-state index in [1.807, 2.05) is 25.1 Å². The predicted octanol–water partition coefficient (Wildman–Crippen LogP) is 5.17. The van der Waals surface area contributed by atoms with Gasteiger partial charge in [0.25, 0.3) is 10.0 Å². The molecule has 0 fully saturated rings. The normalized spacial score (nSPS) is 12.3. The van der Waals surface area contributed by atoms with Gasteiger partial charge in [0.2, 0.25) is 5.91 Å². The molecule has 7 heteroatoms. The Labute approximate surface area is 205 Å². The fourth-order valence-electron chi connectivity index (χ4n) is 4.03. The van der Waals surface area contributed by atoms with Crippen molar-refractivity contribution in [1.29, 1.82) is 0 Å². The number of hydrogen-bond acceptors (Lipinski definition) is 3. The Morgan fingerprint density at radius 3 is 2.29 bits per heavy atom. The summed E-state index contributed by atoms with van der Waals surface area (Å²) in [6.07, 6.45) is 0.769. The number of hydrogen-bond donors (Lipinski definition) is 1. The summed E-state index contributed by atoms with van der Waals surface area (Å²) in [4.78, 5) is 12.9. The van der Waals surface area contributed by atoms with Crippen molar-refractivity contribution in [2.24, 2.45) is 5.92 Å². The van der Waals surface area contributed by atoms with Gasteiger partial charge >= 0.3 is 0 Å². The Hall–Kier alpha value is -3.71. The topological polar surface area (TPSA) is 66.5 Å². The van der Waals surface area contributed by atoms with Crippen LogP contribution in [0, 0.1) is 11.7 Å². The van der Waals surface area contributed by atoms with Crippen molar-refractivity contribution >= 4 is 32.4 Å². The highest BCUT2D eigenvalue weighted by Gasteiger charge is 2.27. The summed E-state index contributed by atoms with van der Waals surface area (Å²) in [5.74, 6) is -0.786. The molecule has 1 N–H and O–H groups in total. The molecule has 1 unspecified atom stereocenters. The van der Waals surface area contributed by atoms with E-state index in [9.17, 15) is 17.6 Å². The van der Waals surface area contributed by atoms with Crippen LogP contribution in [-0.4, -0.2) is 27.4 Å². The fraction of sp³-hybridized carbons (Fsp3) is 0.179. The second kappa shape index (κ2) is 10.7. The van der Waals surface area contributed by atoms with Crippen LogP contribution in [0.2, 0.25) is 0 Å². The smallest absolute Gasteiger partial charge is 0.264 e. The van der Waals surface area contributed by atoms with Crippen LogP contribution in [0.15, 0.2) is 102 Å². The number of halogens is 1. The monoisotopic (exact) mass is 490 g/mol. The summed E-state index contributed by atoms with van der Waals surface area (Å²) in [6.45, 7) is 2.02. The van der Waals surface area contributed by atoms with Gasteiger partial charge in [-0.05, 0) is 65.1 Å². The number of carbonyl (C=O) groups is 1. The van der Waals surface area contributed by atoms with Crippen molar-refractivity contribution in [2.75, 3.05) is 17.4 Å². The van der Waals surface area contributed by atoms with Crippen LogP contribution in [0.5, 0.6) is 0 Å². The number of fused-ring (bicyclic) bond motifs is 1. The van der Waals surface area contributed by atoms with Gasteiger partial charge in [-0.2, -0.15) is 0 Å². The van der Waals surface area contributed by atoms with Crippen molar-refractivity contribution in [3.8, 4) is 0 Å². The van der Waals surface area contributed by atoms with Crippen LogP contribution in [0.1, 0.15) is 12.5 Å². The molecular weight excluding hydrogens is 463 g/mol. The van der Waals surface area contributed by atoms with E-state index in [0.717, 1.165) is 10.7 Å². The molecule has 4 aromatic carbocycles. The molecule has 0 aliphatic rings. The van der Waals surface area contributed by atoms with Gasteiger partial charge in [-0.15, -0.1) is 0 Å². The molecule has 1 amide bonds. The van der Waals surface area contributed by atoms with Crippen molar-refractivity contribution in [2.45, 2.75) is 18.2 Å². The minimum atomic E-state index is -4.02. The van der Waals surface area contributed by atoms with E-state index in [2.05, 4.69) is 29.6 Å². The van der Waals surface area contributed by atoms with E-state index in [1.165, 1.54) is 52.7 Å². The number of amides is 1. The van der Waals surface area contributed by atoms with Crippen LogP contribution >= 0.6 is 0 Å². The lowest BCUT2D eigenvalue weighted by Crippen LogP contribution is -2.42. The number of nitrogens with one attached hydrogen (secondary N) is 1. The summed E-state index contributed by atoms with van der Waals surface area (Å²) in [7, 11) is -4.02. The van der Waals surface area contributed by atoms with E-state index in [0.29, 0.717) is 6.54 Å². The molecule has 0 radical (unpaired) electrons. The molecule has 0 aliphatic carbocycles. The Kier molecular flexibility index (Phi) is 7.46. The van der Waals surface area contributed by atoms with Crippen molar-refractivity contribution < 1.29 is 17.6 Å². The average molecular weight is 491 g/mol. The molecule has 0 aromatic heterocycles. The Morgan fingerprint density at radius 2 is 1.54 bits per heavy atom. The van der Waals surface area contributed by atoms with Crippen molar-refractivity contribution in [3.05, 3.63) is 108 Å². The molecule has 4 aromatic rings. The lowest BCUT2D eigenvalue weighted by molar-refractivity contribution is -0.119. The zero-order valence-electron chi connectivity index (χ0n) is 19.4. The van der Waals surface area contributed by atoms with Gasteiger partial charge in [0, 0.05) is 6.54 Å². The molecule has 1 atom stereocenters. The Bertz CT molecular complexity index is 1400. The highest BCUT2D eigenvalue weighted by atomic mass is 32.2. The Morgan fingerprint density at radius 1 is 0.886 bits per heavy atom. The third kappa shape index (κ3) is 5.87. The van der Waals surface area contributed by atoms with E-state index < -0.39 is 28.3 Å². The van der Waals surface area contributed by atoms with Crippen molar-refractivity contribution in [3.63, 3.8) is 0 Å². The Balaban J connectivity index is 1.46. The maximum absolute atomic E-state index is 13.5. The quantitative estimate of drug-likeness (QED) is 0.352. The summed E-state index contributed by atoms with van der Waals surface area (Å²) in [5.41, 5.74) is 1.42. The van der Waals surface area contributed by atoms with Crippen molar-refractivity contribution in [1.82, 2.24) is 5.32 Å². The second-order valence-electron chi connectivity index (χ2n) is 8.55. The first kappa shape index (κ1) is 24.4. The van der Waals surface area contributed by atoms with E-state index in [1.54, 1.807) is 18.2 Å². The molecule has 0 heterocycles. The molecule has 5 nitrogen and oxygen atoms in total. The number of carbonyl (C=O) groups excluding carboxylic acids is 1. The maximum atomic E-state index is 13.5. The zero-order valence-corrected chi connectivity index (χ0v) is 20.2. The first-order valence-corrected chi connectivity index (χ1v) is 12.9. The maximum Gasteiger partial charge on any atom is 0.264 e. The minimum absolute atomic E-state index is 0.0569. The molecule has 0 bridgehead atoms. The molecule has 180 valence electrons. The number of anilines is 1. The number of rotatable bonds is 9. The van der Waals surface area contributed by atoms with Crippen LogP contribution in [-0.2, 0) is 21.2 Å². The highest BCUT2D eigenvalue weighted by Crippen LogP contribution is 2.24. The zero-order chi connectivity index (χ0) is 24.8. The van der Waals surface area contributed by atoms with Crippen LogP contribution in [0.25, 0.3) is 10.8 Å². The van der Waals surface area contributed by atoms with E-state index in [-0.39, 0.29) is 16.5 Å². The lowest BCUT2D eigenvalue weighted by Gasteiger charge is -2.24. The third-order valence-corrected chi connectivity index (χ3v) is 7.62. The summed E-state index contributed by atoms with van der Waals surface area (Å²) < 4.78 is 41.1. The molecule has 0 saturated carbocycles. The van der Waals surface area contributed by atoms with E-state index in [4.69, 9.17) is 0 Å². The fourth-order valence-corrected chi connectivity index (χ4v) is 5.48. The standard InChI is InChI=1S/C28H27FN2O3S/c1-21(18-23-10-7-9-22-8-5-6-13-27(22)23)19-30-28(32)20-31(25-16-14-24(29)15-17-25)35(33,34)26-11-3-2-4-12-26/h2-17,21H,18-20H2,1H3,(H,30,32). The first-order valence-electron chi connectivity index (χ1n) is 11.4. The molecule has 4 rings (SSSR count). The van der Waals surface area contributed by atoms with Gasteiger partial charge in [-0.1, -0.05) is 67.6 Å². The highest BCUT2D eigenvalue weighted by molar-refractivity contribution is 7.92. The predicted molar refractivity (Wildman–Crippen MR) is 137 cm³/mol. The molecule has 0 aliphatic heterocycles. The molecule has 0 saturated heterocycles. The second-order valence-corrected chi connectivity index (χ2v) is 10.4. The van der Waals surface area contributed by atoms with Gasteiger partial charge in [0.05, 0.1) is 10.6 Å². The SMILES string of the molecule is CC(CNC(=O)CN(c1ccc(F)cc1)S(=O)(=O)c1ccccc1)Cc1cccc2ccccc12. The van der Waals surface area contributed by atoms with Gasteiger partial charge in [-0.25, -0.2) is 12.8 Å². The molecule has 35 heavy (non-hydrogen) atoms. The lowest BCUT2D eigenvalue weighted by atomic mass is 9.96.